The maximum atomic E-state index is 12.0. The number of nitrogens with zero attached hydrogens (tertiary/aromatic N) is 2. The van der Waals surface area contributed by atoms with E-state index < -0.39 is 16.9 Å². The van der Waals surface area contributed by atoms with Gasteiger partial charge in [-0.25, -0.2) is 10.2 Å². The van der Waals surface area contributed by atoms with Gasteiger partial charge >= 0.3 is 6.03 Å². The lowest BCUT2D eigenvalue weighted by Gasteiger charge is -2.02. The van der Waals surface area contributed by atoms with Crippen molar-refractivity contribution in [1.29, 1.82) is 0 Å². The van der Waals surface area contributed by atoms with Crippen LogP contribution in [0.5, 0.6) is 0 Å². The molecule has 0 aliphatic rings. The number of para-hydroxylation sites is 1. The number of fused-ring (bicyclic) bond motifs is 1. The SMILES string of the molecule is O=C(NN=c1c(=O)c2cccnc2c1=O)Nc1ccccc1. The van der Waals surface area contributed by atoms with Crippen LogP contribution in [0.1, 0.15) is 0 Å². The minimum Gasteiger partial charge on any atom is -0.307 e. The molecule has 0 radical (unpaired) electrons. The van der Waals surface area contributed by atoms with Crippen LogP contribution in [0.3, 0.4) is 0 Å². The molecule has 108 valence electrons. The molecule has 1 heterocycles. The van der Waals surface area contributed by atoms with E-state index in [1.54, 1.807) is 30.3 Å². The molecule has 0 bridgehead atoms. The molecule has 0 fully saturated rings. The predicted octanol–water partition coefficient (Wildman–Crippen LogP) is 0.468. The molecular formula is C15H10N4O3. The van der Waals surface area contributed by atoms with Crippen LogP contribution in [0.25, 0.3) is 10.9 Å². The van der Waals surface area contributed by atoms with Crippen molar-refractivity contribution < 1.29 is 4.79 Å². The van der Waals surface area contributed by atoms with Crippen LogP contribution in [0.2, 0.25) is 0 Å². The van der Waals surface area contributed by atoms with Crippen molar-refractivity contribution in [2.75, 3.05) is 5.32 Å². The summed E-state index contributed by atoms with van der Waals surface area (Å²) >= 11 is 0. The molecule has 22 heavy (non-hydrogen) atoms. The first kappa shape index (κ1) is 13.6. The van der Waals surface area contributed by atoms with Gasteiger partial charge in [-0.15, -0.1) is 0 Å². The highest BCUT2D eigenvalue weighted by Crippen LogP contribution is 2.03. The molecule has 0 unspecified atom stereocenters. The van der Waals surface area contributed by atoms with E-state index in [1.165, 1.54) is 12.3 Å². The smallest absolute Gasteiger partial charge is 0.307 e. The third kappa shape index (κ3) is 2.47. The first-order valence-electron chi connectivity index (χ1n) is 6.41. The highest BCUT2D eigenvalue weighted by atomic mass is 16.2. The topological polar surface area (TPSA) is 101 Å². The van der Waals surface area contributed by atoms with Gasteiger partial charge in [-0.05, 0) is 24.3 Å². The first-order chi connectivity index (χ1) is 10.7. The Labute approximate surface area is 123 Å². The summed E-state index contributed by atoms with van der Waals surface area (Å²) < 4.78 is 0. The average Bonchev–Trinajstić information content (AvgIpc) is 2.78. The van der Waals surface area contributed by atoms with Crippen molar-refractivity contribution in [3.8, 4) is 0 Å². The van der Waals surface area contributed by atoms with Crippen LogP contribution in [-0.2, 0) is 0 Å². The summed E-state index contributed by atoms with van der Waals surface area (Å²) in [7, 11) is 0. The van der Waals surface area contributed by atoms with Gasteiger partial charge in [-0.3, -0.25) is 14.6 Å². The summed E-state index contributed by atoms with van der Waals surface area (Å²) in [4.78, 5) is 39.6. The van der Waals surface area contributed by atoms with Crippen LogP contribution in [0.15, 0.2) is 63.4 Å². The molecule has 1 aromatic heterocycles. The Morgan fingerprint density at radius 3 is 2.50 bits per heavy atom. The zero-order valence-corrected chi connectivity index (χ0v) is 11.2. The molecule has 3 aromatic rings. The molecule has 0 aliphatic heterocycles. The summed E-state index contributed by atoms with van der Waals surface area (Å²) in [6.45, 7) is 0. The maximum absolute atomic E-state index is 12.0. The van der Waals surface area contributed by atoms with Crippen molar-refractivity contribution in [1.82, 2.24) is 10.4 Å². The van der Waals surface area contributed by atoms with Crippen molar-refractivity contribution >= 4 is 22.6 Å². The number of carbonyl (C=O) groups is 1. The number of hydrogen-bond donors (Lipinski definition) is 2. The lowest BCUT2D eigenvalue weighted by atomic mass is 10.3. The lowest BCUT2D eigenvalue weighted by Crippen LogP contribution is -2.36. The van der Waals surface area contributed by atoms with Crippen molar-refractivity contribution in [3.63, 3.8) is 0 Å². The fourth-order valence-electron chi connectivity index (χ4n) is 2.00. The van der Waals surface area contributed by atoms with Gasteiger partial charge in [0.05, 0.1) is 5.39 Å². The molecule has 2 amide bonds. The number of hydrogen-bond acceptors (Lipinski definition) is 5. The molecule has 0 spiro atoms. The number of aromatic nitrogens is 1. The molecule has 0 atom stereocenters. The zero-order chi connectivity index (χ0) is 15.5. The minimum atomic E-state index is -0.650. The number of rotatable bonds is 2. The summed E-state index contributed by atoms with van der Waals surface area (Å²) in [6, 6.07) is 11.1. The van der Waals surface area contributed by atoms with Crippen LogP contribution in [0.4, 0.5) is 10.5 Å². The van der Waals surface area contributed by atoms with Gasteiger partial charge < -0.3 is 5.32 Å². The van der Waals surface area contributed by atoms with E-state index in [9.17, 15) is 14.4 Å². The zero-order valence-electron chi connectivity index (χ0n) is 11.2. The van der Waals surface area contributed by atoms with E-state index in [0.29, 0.717) is 5.69 Å². The second-order valence-electron chi connectivity index (χ2n) is 4.45. The van der Waals surface area contributed by atoms with E-state index >= 15 is 0 Å². The van der Waals surface area contributed by atoms with E-state index in [4.69, 9.17) is 0 Å². The van der Waals surface area contributed by atoms with Crippen LogP contribution in [-0.4, -0.2) is 11.0 Å². The van der Waals surface area contributed by atoms with Crippen LogP contribution >= 0.6 is 0 Å². The van der Waals surface area contributed by atoms with E-state index in [1.807, 2.05) is 6.07 Å². The number of amides is 2. The van der Waals surface area contributed by atoms with Gasteiger partial charge in [0.1, 0.15) is 5.52 Å². The fourth-order valence-corrected chi connectivity index (χ4v) is 2.00. The Balaban J connectivity index is 1.89. The average molecular weight is 294 g/mol. The standard InChI is InChI=1S/C15H10N4O3/c20-13-10-7-4-8-16-11(10)14(21)12(13)18-19-15(22)17-9-5-2-1-3-6-9/h1-8H,(H2,17,19,22). The van der Waals surface area contributed by atoms with E-state index in [-0.39, 0.29) is 16.3 Å². The molecule has 7 heteroatoms. The van der Waals surface area contributed by atoms with E-state index in [0.717, 1.165) is 0 Å². The Morgan fingerprint density at radius 1 is 1.00 bits per heavy atom. The van der Waals surface area contributed by atoms with Crippen LogP contribution < -0.4 is 27.0 Å². The summed E-state index contributed by atoms with van der Waals surface area (Å²) in [6.07, 6.45) is 1.42. The van der Waals surface area contributed by atoms with Gasteiger partial charge in [-0.1, -0.05) is 18.2 Å². The largest absolute Gasteiger partial charge is 0.339 e. The predicted molar refractivity (Wildman–Crippen MR) is 80.8 cm³/mol. The molecule has 3 rings (SSSR count). The number of benzene rings is 1. The molecule has 2 aromatic carbocycles. The van der Waals surface area contributed by atoms with Gasteiger partial charge in [-0.2, -0.15) is 5.10 Å². The van der Waals surface area contributed by atoms with Crippen molar-refractivity contribution in [2.45, 2.75) is 0 Å². The molecule has 0 aliphatic carbocycles. The monoisotopic (exact) mass is 294 g/mol. The summed E-state index contributed by atoms with van der Waals surface area (Å²) in [5.41, 5.74) is 1.61. The Bertz CT molecular complexity index is 939. The Kier molecular flexibility index (Phi) is 3.45. The van der Waals surface area contributed by atoms with Crippen LogP contribution in [0, 0.1) is 0 Å². The Hall–Kier alpha value is -3.35. The lowest BCUT2D eigenvalue weighted by molar-refractivity contribution is 0.252. The van der Waals surface area contributed by atoms with Crippen molar-refractivity contribution in [3.05, 3.63) is 74.5 Å². The molecule has 0 saturated carbocycles. The normalized spacial score (nSPS) is 11.5. The van der Waals surface area contributed by atoms with Gasteiger partial charge in [0.25, 0.3) is 0 Å². The highest BCUT2D eigenvalue weighted by molar-refractivity contribution is 5.88. The maximum Gasteiger partial charge on any atom is 0.339 e. The second kappa shape index (κ2) is 5.57. The fraction of sp³-hybridized carbons (Fsp3) is 0. The number of carbonyl (C=O) groups excluding carboxylic acids is 1. The van der Waals surface area contributed by atoms with Crippen molar-refractivity contribution in [2.24, 2.45) is 5.10 Å². The third-order valence-electron chi connectivity index (χ3n) is 3.00. The number of urea groups is 1. The summed E-state index contributed by atoms with van der Waals surface area (Å²) in [5.74, 6) is 0. The van der Waals surface area contributed by atoms with Gasteiger partial charge in [0.2, 0.25) is 10.9 Å². The molecule has 0 saturated heterocycles. The molecule has 7 nitrogen and oxygen atoms in total. The highest BCUT2D eigenvalue weighted by Gasteiger charge is 2.11. The number of pyridine rings is 1. The third-order valence-corrected chi connectivity index (χ3v) is 3.00. The molecular weight excluding hydrogens is 284 g/mol. The minimum absolute atomic E-state index is 0.0523. The van der Waals surface area contributed by atoms with E-state index in [2.05, 4.69) is 20.8 Å². The molecule has 2 N–H and O–H groups in total. The van der Waals surface area contributed by atoms with Gasteiger partial charge in [0, 0.05) is 11.9 Å². The second-order valence-corrected chi connectivity index (χ2v) is 4.45. The number of anilines is 1. The van der Waals surface area contributed by atoms with Gasteiger partial charge in [0.15, 0.2) is 5.36 Å². The first-order valence-corrected chi connectivity index (χ1v) is 6.41. The quantitative estimate of drug-likeness (QED) is 0.671. The Morgan fingerprint density at radius 2 is 1.77 bits per heavy atom. The summed E-state index contributed by atoms with van der Waals surface area (Å²) in [5, 5.41) is 5.97. The number of nitrogens with one attached hydrogen (secondary N) is 2.